The Bertz CT molecular complexity index is 1260. The maximum Gasteiger partial charge on any atom is 0.237 e. The maximum absolute atomic E-state index is 13.5. The zero-order valence-corrected chi connectivity index (χ0v) is 19.5. The van der Waals surface area contributed by atoms with E-state index in [2.05, 4.69) is 69.8 Å². The molecule has 7 heteroatoms. The van der Waals surface area contributed by atoms with E-state index in [9.17, 15) is 4.79 Å². The molecule has 2 atom stereocenters. The molecule has 0 bridgehead atoms. The third kappa shape index (κ3) is 4.09. The zero-order valence-electron chi connectivity index (χ0n) is 19.5. The van der Waals surface area contributed by atoms with Crippen molar-refractivity contribution >= 4 is 12.1 Å². The molecule has 0 radical (unpaired) electrons. The van der Waals surface area contributed by atoms with Crippen molar-refractivity contribution in [2.24, 2.45) is 10.9 Å². The highest BCUT2D eigenvalue weighted by Gasteiger charge is 2.41. The number of hydrogen-bond acceptors (Lipinski definition) is 5. The molecule has 0 aliphatic carbocycles. The number of allylic oxidation sites excluding steroid dienone is 2. The Labute approximate surface area is 199 Å². The molecule has 2 aliphatic heterocycles. The maximum atomic E-state index is 13.5. The van der Waals surface area contributed by atoms with Crippen molar-refractivity contribution in [3.8, 4) is 22.5 Å². The molecule has 2 unspecified atom stereocenters. The van der Waals surface area contributed by atoms with E-state index in [-0.39, 0.29) is 17.4 Å². The summed E-state index contributed by atoms with van der Waals surface area (Å²) >= 11 is 0. The standard InChI is InChI=1S/C27H28N6O/c1-3-4-15-27(2)16-7-10-24-28-18-21(26(34)33(24)27)17-19-11-13-20(14-12-19)22-8-5-6-9-23(22)25-29-31-32-30-25/h5-14,16,18,21H,3-4,15,17H2,1-2H3,(H,29,30,31,32). The highest BCUT2D eigenvalue weighted by molar-refractivity contribution is 5.98. The molecule has 172 valence electrons. The average molecular weight is 453 g/mol. The first kappa shape index (κ1) is 21.9. The highest BCUT2D eigenvalue weighted by Crippen LogP contribution is 2.36. The van der Waals surface area contributed by atoms with Gasteiger partial charge in [0.05, 0.1) is 11.5 Å². The number of H-pyrrole nitrogens is 1. The first-order chi connectivity index (χ1) is 16.6. The lowest BCUT2D eigenvalue weighted by Gasteiger charge is -2.44. The van der Waals surface area contributed by atoms with E-state index >= 15 is 0 Å². The van der Waals surface area contributed by atoms with Crippen LogP contribution in [0.4, 0.5) is 0 Å². The van der Waals surface area contributed by atoms with Gasteiger partial charge in [-0.1, -0.05) is 80.4 Å². The fraction of sp³-hybridized carbons (Fsp3) is 0.296. The molecule has 0 fully saturated rings. The van der Waals surface area contributed by atoms with Crippen LogP contribution in [-0.2, 0) is 11.2 Å². The molecule has 1 amide bonds. The molecule has 34 heavy (non-hydrogen) atoms. The highest BCUT2D eigenvalue weighted by atomic mass is 16.2. The summed E-state index contributed by atoms with van der Waals surface area (Å²) in [5.74, 6) is 1.16. The molecule has 2 aromatic carbocycles. The molecule has 7 nitrogen and oxygen atoms in total. The van der Waals surface area contributed by atoms with Crippen molar-refractivity contribution in [3.05, 3.63) is 78.1 Å². The summed E-state index contributed by atoms with van der Waals surface area (Å²) in [7, 11) is 0. The minimum absolute atomic E-state index is 0.121. The van der Waals surface area contributed by atoms with Gasteiger partial charge in [-0.25, -0.2) is 4.99 Å². The first-order valence-electron chi connectivity index (χ1n) is 11.8. The van der Waals surface area contributed by atoms with Crippen molar-refractivity contribution in [1.29, 1.82) is 0 Å². The van der Waals surface area contributed by atoms with E-state index < -0.39 is 0 Å². The number of amides is 1. The average Bonchev–Trinajstić information content (AvgIpc) is 3.40. The van der Waals surface area contributed by atoms with Gasteiger partial charge in [-0.15, -0.1) is 10.2 Å². The quantitative estimate of drug-likeness (QED) is 0.549. The third-order valence-electron chi connectivity index (χ3n) is 6.64. The third-order valence-corrected chi connectivity index (χ3v) is 6.64. The van der Waals surface area contributed by atoms with Crippen LogP contribution in [0.15, 0.2) is 77.6 Å². The Kier molecular flexibility index (Phi) is 5.92. The van der Waals surface area contributed by atoms with Crippen molar-refractivity contribution in [2.75, 3.05) is 0 Å². The smallest absolute Gasteiger partial charge is 0.237 e. The number of benzene rings is 2. The minimum Gasteiger partial charge on any atom is -0.287 e. The van der Waals surface area contributed by atoms with E-state index in [1.54, 1.807) is 0 Å². The largest absolute Gasteiger partial charge is 0.287 e. The number of carbonyl (C=O) groups excluding carboxylic acids is 1. The van der Waals surface area contributed by atoms with Gasteiger partial charge < -0.3 is 0 Å². The van der Waals surface area contributed by atoms with Gasteiger partial charge in [0.15, 0.2) is 0 Å². The van der Waals surface area contributed by atoms with E-state index in [1.165, 1.54) is 0 Å². The van der Waals surface area contributed by atoms with Gasteiger partial charge in [0.1, 0.15) is 5.82 Å². The van der Waals surface area contributed by atoms with Crippen molar-refractivity contribution in [1.82, 2.24) is 25.5 Å². The molecule has 2 aliphatic rings. The van der Waals surface area contributed by atoms with Crippen LogP contribution in [-0.4, -0.2) is 43.2 Å². The van der Waals surface area contributed by atoms with Crippen molar-refractivity contribution in [2.45, 2.75) is 45.1 Å². The molecule has 1 N–H and O–H groups in total. The Morgan fingerprint density at radius 3 is 2.62 bits per heavy atom. The summed E-state index contributed by atoms with van der Waals surface area (Å²) in [4.78, 5) is 20.1. The number of aliphatic imine (C=N–C) groups is 1. The number of nitrogens with one attached hydrogen (secondary N) is 1. The van der Waals surface area contributed by atoms with Gasteiger partial charge in [0, 0.05) is 11.8 Å². The Hall–Kier alpha value is -3.87. The second kappa shape index (κ2) is 9.17. The van der Waals surface area contributed by atoms with Crippen LogP contribution in [0.3, 0.4) is 0 Å². The summed E-state index contributed by atoms with van der Waals surface area (Å²) in [6, 6.07) is 16.3. The molecular weight excluding hydrogens is 424 g/mol. The van der Waals surface area contributed by atoms with Crippen LogP contribution in [0, 0.1) is 5.92 Å². The fourth-order valence-electron chi connectivity index (χ4n) is 4.76. The molecular formula is C27H28N6O. The first-order valence-corrected chi connectivity index (χ1v) is 11.8. The van der Waals surface area contributed by atoms with Gasteiger partial charge in [-0.05, 0) is 47.7 Å². The van der Waals surface area contributed by atoms with Gasteiger partial charge in [0.25, 0.3) is 0 Å². The number of aromatic nitrogens is 4. The minimum atomic E-state index is -0.324. The van der Waals surface area contributed by atoms with E-state index in [0.717, 1.165) is 47.3 Å². The second-order valence-corrected chi connectivity index (χ2v) is 9.09. The summed E-state index contributed by atoms with van der Waals surface area (Å²) in [5, 5.41) is 14.4. The normalized spacial score (nSPS) is 21.5. The van der Waals surface area contributed by atoms with Crippen LogP contribution in [0.5, 0.6) is 0 Å². The number of hydrogen-bond donors (Lipinski definition) is 1. The Morgan fingerprint density at radius 2 is 1.88 bits per heavy atom. The van der Waals surface area contributed by atoms with E-state index in [1.807, 2.05) is 47.5 Å². The number of unbranched alkanes of at least 4 members (excludes halogenated alkanes) is 1. The van der Waals surface area contributed by atoms with E-state index in [0.29, 0.717) is 12.2 Å². The Balaban J connectivity index is 1.36. The zero-order chi connectivity index (χ0) is 23.5. The SMILES string of the molecule is CCCCC1(C)C=CC=C2N=CC(Cc3ccc(-c4ccccc4-c4nn[nH]n4)cc3)C(=O)N21. The van der Waals surface area contributed by atoms with Gasteiger partial charge in [-0.2, -0.15) is 5.21 Å². The number of rotatable bonds is 7. The van der Waals surface area contributed by atoms with Crippen LogP contribution in [0.25, 0.3) is 22.5 Å². The predicted octanol–water partition coefficient (Wildman–Crippen LogP) is 4.97. The summed E-state index contributed by atoms with van der Waals surface area (Å²) in [5.41, 5.74) is 3.79. The second-order valence-electron chi connectivity index (χ2n) is 9.09. The molecule has 3 aromatic rings. The van der Waals surface area contributed by atoms with Gasteiger partial charge in [0.2, 0.25) is 11.7 Å². The number of carbonyl (C=O) groups is 1. The van der Waals surface area contributed by atoms with Crippen molar-refractivity contribution in [3.63, 3.8) is 0 Å². The molecule has 1 aromatic heterocycles. The number of nitrogens with zero attached hydrogens (tertiary/aromatic N) is 5. The van der Waals surface area contributed by atoms with Gasteiger partial charge in [-0.3, -0.25) is 9.69 Å². The Morgan fingerprint density at radius 1 is 1.09 bits per heavy atom. The van der Waals surface area contributed by atoms with Crippen molar-refractivity contribution < 1.29 is 4.79 Å². The molecule has 0 spiro atoms. The molecule has 0 saturated heterocycles. The number of fused-ring (bicyclic) bond motifs is 1. The fourth-order valence-corrected chi connectivity index (χ4v) is 4.76. The lowest BCUT2D eigenvalue weighted by atomic mass is 9.87. The van der Waals surface area contributed by atoms with E-state index in [4.69, 9.17) is 0 Å². The van der Waals surface area contributed by atoms with Crippen LogP contribution < -0.4 is 0 Å². The summed E-state index contributed by atoms with van der Waals surface area (Å²) < 4.78 is 0. The number of aromatic amines is 1. The summed E-state index contributed by atoms with van der Waals surface area (Å²) in [6.45, 7) is 4.31. The predicted molar refractivity (Wildman–Crippen MR) is 133 cm³/mol. The summed E-state index contributed by atoms with van der Waals surface area (Å²) in [6.07, 6.45) is 11.6. The van der Waals surface area contributed by atoms with Crippen LogP contribution in [0.1, 0.15) is 38.7 Å². The molecule has 5 rings (SSSR count). The molecule has 0 saturated carbocycles. The number of tetrazole rings is 1. The van der Waals surface area contributed by atoms with Crippen LogP contribution >= 0.6 is 0 Å². The topological polar surface area (TPSA) is 87.1 Å². The van der Waals surface area contributed by atoms with Gasteiger partial charge >= 0.3 is 0 Å². The monoisotopic (exact) mass is 452 g/mol. The molecule has 3 heterocycles. The lowest BCUT2D eigenvalue weighted by molar-refractivity contribution is -0.136. The lowest BCUT2D eigenvalue weighted by Crippen LogP contribution is -2.53. The van der Waals surface area contributed by atoms with Crippen LogP contribution in [0.2, 0.25) is 0 Å².